The van der Waals surface area contributed by atoms with E-state index in [4.69, 9.17) is 0 Å². The van der Waals surface area contributed by atoms with Crippen LogP contribution in [0.2, 0.25) is 0 Å². The summed E-state index contributed by atoms with van der Waals surface area (Å²) in [6, 6.07) is 1.94. The Morgan fingerprint density at radius 1 is 1.42 bits per heavy atom. The largest absolute Gasteiger partial charge is 0.289 e. The quantitative estimate of drug-likeness (QED) is 0.623. The fourth-order valence-electron chi connectivity index (χ4n) is 1.93. The molecule has 0 saturated heterocycles. The standard InChI is InChI=1S/C14H18N4O/c1-5-18-11(3)13(9-15-18)14(19)7-6-12-8-10(2)17(4)16-12/h6-9H,5H2,1-4H3/b7-6+. The van der Waals surface area contributed by atoms with Crippen LogP contribution >= 0.6 is 0 Å². The van der Waals surface area contributed by atoms with Gasteiger partial charge >= 0.3 is 0 Å². The first kappa shape index (κ1) is 13.3. The predicted molar refractivity (Wildman–Crippen MR) is 73.9 cm³/mol. The number of allylic oxidation sites excluding steroid dienone is 1. The summed E-state index contributed by atoms with van der Waals surface area (Å²) in [5.74, 6) is -0.0412. The molecule has 0 aliphatic rings. The Morgan fingerprint density at radius 2 is 2.16 bits per heavy atom. The monoisotopic (exact) mass is 258 g/mol. The molecule has 0 atom stereocenters. The number of aromatic nitrogens is 4. The summed E-state index contributed by atoms with van der Waals surface area (Å²) in [5, 5.41) is 8.45. The van der Waals surface area contributed by atoms with Crippen LogP contribution in [0.5, 0.6) is 0 Å². The molecule has 0 fully saturated rings. The molecule has 0 aliphatic carbocycles. The first-order valence-electron chi connectivity index (χ1n) is 6.28. The van der Waals surface area contributed by atoms with Crippen LogP contribution in [0.4, 0.5) is 0 Å². The second kappa shape index (κ2) is 5.22. The Kier molecular flexibility index (Phi) is 3.64. The van der Waals surface area contributed by atoms with Gasteiger partial charge < -0.3 is 0 Å². The minimum atomic E-state index is -0.0412. The van der Waals surface area contributed by atoms with Gasteiger partial charge in [0.25, 0.3) is 0 Å². The average Bonchev–Trinajstić information content (AvgIpc) is 2.90. The summed E-state index contributed by atoms with van der Waals surface area (Å²) < 4.78 is 3.59. The molecule has 0 N–H and O–H groups in total. The van der Waals surface area contributed by atoms with Crippen LogP contribution in [-0.4, -0.2) is 25.3 Å². The zero-order chi connectivity index (χ0) is 14.0. The summed E-state index contributed by atoms with van der Waals surface area (Å²) in [7, 11) is 1.88. The highest BCUT2D eigenvalue weighted by molar-refractivity contribution is 6.07. The van der Waals surface area contributed by atoms with Gasteiger partial charge in [-0.3, -0.25) is 14.2 Å². The highest BCUT2D eigenvalue weighted by Crippen LogP contribution is 2.10. The zero-order valence-electron chi connectivity index (χ0n) is 11.7. The van der Waals surface area contributed by atoms with Crippen molar-refractivity contribution in [1.29, 1.82) is 0 Å². The molecule has 100 valence electrons. The van der Waals surface area contributed by atoms with E-state index in [9.17, 15) is 4.79 Å². The lowest BCUT2D eigenvalue weighted by Gasteiger charge is -1.99. The fraction of sp³-hybridized carbons (Fsp3) is 0.357. The smallest absolute Gasteiger partial charge is 0.189 e. The Bertz CT molecular complexity index is 614. The fourth-order valence-corrected chi connectivity index (χ4v) is 1.93. The number of hydrogen-bond acceptors (Lipinski definition) is 3. The maximum absolute atomic E-state index is 12.1. The van der Waals surface area contributed by atoms with E-state index < -0.39 is 0 Å². The molecule has 2 rings (SSSR count). The van der Waals surface area contributed by atoms with Crippen molar-refractivity contribution in [3.05, 3.63) is 41.0 Å². The molecule has 0 spiro atoms. The summed E-state index contributed by atoms with van der Waals surface area (Å²) in [5.41, 5.74) is 3.39. The topological polar surface area (TPSA) is 52.7 Å². The molecule has 0 aliphatic heterocycles. The van der Waals surface area contributed by atoms with Crippen LogP contribution in [0, 0.1) is 13.8 Å². The Labute approximate surface area is 112 Å². The van der Waals surface area contributed by atoms with Crippen molar-refractivity contribution >= 4 is 11.9 Å². The van der Waals surface area contributed by atoms with Gasteiger partial charge in [-0.1, -0.05) is 0 Å². The third-order valence-corrected chi connectivity index (χ3v) is 3.21. The molecule has 0 amide bonds. The van der Waals surface area contributed by atoms with Crippen molar-refractivity contribution in [2.45, 2.75) is 27.3 Å². The Balaban J connectivity index is 2.18. The normalized spacial score (nSPS) is 11.4. The lowest BCUT2D eigenvalue weighted by molar-refractivity contribution is 0.104. The van der Waals surface area contributed by atoms with Gasteiger partial charge in [0.1, 0.15) is 0 Å². The summed E-state index contributed by atoms with van der Waals surface area (Å²) >= 11 is 0. The van der Waals surface area contributed by atoms with E-state index in [0.717, 1.165) is 23.6 Å². The van der Waals surface area contributed by atoms with E-state index in [1.807, 2.05) is 38.6 Å². The molecule has 0 saturated carbocycles. The number of carbonyl (C=O) groups is 1. The second-order valence-electron chi connectivity index (χ2n) is 4.49. The summed E-state index contributed by atoms with van der Waals surface area (Å²) in [6.07, 6.45) is 4.90. The van der Waals surface area contributed by atoms with Crippen LogP contribution in [0.15, 0.2) is 18.3 Å². The molecule has 2 heterocycles. The van der Waals surface area contributed by atoms with Crippen LogP contribution in [0.1, 0.15) is 34.4 Å². The van der Waals surface area contributed by atoms with Crippen LogP contribution in [-0.2, 0) is 13.6 Å². The Hall–Kier alpha value is -2.17. The minimum absolute atomic E-state index is 0.0412. The molecular weight excluding hydrogens is 240 g/mol. The average molecular weight is 258 g/mol. The van der Waals surface area contributed by atoms with E-state index in [-0.39, 0.29) is 5.78 Å². The molecule has 2 aromatic heterocycles. The number of hydrogen-bond donors (Lipinski definition) is 0. The van der Waals surface area contributed by atoms with Gasteiger partial charge in [0.15, 0.2) is 5.78 Å². The van der Waals surface area contributed by atoms with Gasteiger partial charge in [-0.05, 0) is 39.0 Å². The SMILES string of the molecule is CCn1ncc(C(=O)/C=C/c2cc(C)n(C)n2)c1C. The van der Waals surface area contributed by atoms with Crippen molar-refractivity contribution in [3.8, 4) is 0 Å². The van der Waals surface area contributed by atoms with E-state index in [2.05, 4.69) is 10.2 Å². The minimum Gasteiger partial charge on any atom is -0.289 e. The van der Waals surface area contributed by atoms with E-state index in [1.165, 1.54) is 0 Å². The van der Waals surface area contributed by atoms with Gasteiger partial charge in [0.05, 0.1) is 17.5 Å². The highest BCUT2D eigenvalue weighted by Gasteiger charge is 2.11. The van der Waals surface area contributed by atoms with Gasteiger partial charge in [0, 0.05) is 25.0 Å². The first-order chi connectivity index (χ1) is 9.02. The van der Waals surface area contributed by atoms with Crippen molar-refractivity contribution < 1.29 is 4.79 Å². The number of carbonyl (C=O) groups excluding carboxylic acids is 1. The molecule has 2 aromatic rings. The van der Waals surface area contributed by atoms with Gasteiger partial charge in [-0.15, -0.1) is 0 Å². The molecule has 0 unspecified atom stereocenters. The third-order valence-electron chi connectivity index (χ3n) is 3.21. The van der Waals surface area contributed by atoms with Crippen LogP contribution in [0.25, 0.3) is 6.08 Å². The van der Waals surface area contributed by atoms with Crippen molar-refractivity contribution in [2.75, 3.05) is 0 Å². The number of nitrogens with zero attached hydrogens (tertiary/aromatic N) is 4. The highest BCUT2D eigenvalue weighted by atomic mass is 16.1. The van der Waals surface area contributed by atoms with E-state index >= 15 is 0 Å². The molecule has 0 radical (unpaired) electrons. The number of rotatable bonds is 4. The second-order valence-corrected chi connectivity index (χ2v) is 4.49. The number of aryl methyl sites for hydroxylation is 3. The van der Waals surface area contributed by atoms with E-state index in [0.29, 0.717) is 5.56 Å². The lowest BCUT2D eigenvalue weighted by atomic mass is 10.1. The van der Waals surface area contributed by atoms with Crippen molar-refractivity contribution in [1.82, 2.24) is 19.6 Å². The predicted octanol–water partition coefficient (Wildman–Crippen LogP) is 2.15. The molecular formula is C14H18N4O. The van der Waals surface area contributed by atoms with Crippen LogP contribution in [0.3, 0.4) is 0 Å². The molecule has 0 aromatic carbocycles. The van der Waals surface area contributed by atoms with Gasteiger partial charge in [-0.2, -0.15) is 10.2 Å². The molecule has 5 heteroatoms. The summed E-state index contributed by atoms with van der Waals surface area (Å²) in [4.78, 5) is 12.1. The molecule has 0 bridgehead atoms. The maximum atomic E-state index is 12.1. The molecule has 5 nitrogen and oxygen atoms in total. The van der Waals surface area contributed by atoms with Gasteiger partial charge in [0.2, 0.25) is 0 Å². The maximum Gasteiger partial charge on any atom is 0.189 e. The van der Waals surface area contributed by atoms with Crippen molar-refractivity contribution in [2.24, 2.45) is 7.05 Å². The number of ketones is 1. The summed E-state index contributed by atoms with van der Waals surface area (Å²) in [6.45, 7) is 6.65. The lowest BCUT2D eigenvalue weighted by Crippen LogP contribution is -2.01. The van der Waals surface area contributed by atoms with E-state index in [1.54, 1.807) is 23.0 Å². The van der Waals surface area contributed by atoms with Gasteiger partial charge in [-0.25, -0.2) is 0 Å². The van der Waals surface area contributed by atoms with Crippen LogP contribution < -0.4 is 0 Å². The first-order valence-corrected chi connectivity index (χ1v) is 6.28. The third kappa shape index (κ3) is 2.65. The van der Waals surface area contributed by atoms with Crippen molar-refractivity contribution in [3.63, 3.8) is 0 Å². The molecule has 19 heavy (non-hydrogen) atoms. The Morgan fingerprint density at radius 3 is 2.68 bits per heavy atom. The zero-order valence-corrected chi connectivity index (χ0v) is 11.7.